The molecule has 0 aromatic carbocycles. The van der Waals surface area contributed by atoms with Crippen LogP contribution in [0.25, 0.3) is 0 Å². The van der Waals surface area contributed by atoms with Gasteiger partial charge in [-0.25, -0.2) is 0 Å². The van der Waals surface area contributed by atoms with E-state index in [1.165, 1.54) is 63.3 Å². The molecule has 0 aliphatic heterocycles. The van der Waals surface area contributed by atoms with Crippen LogP contribution in [-0.4, -0.2) is 17.5 Å². The van der Waals surface area contributed by atoms with Crippen molar-refractivity contribution in [2.75, 3.05) is 6.61 Å². The lowest BCUT2D eigenvalue weighted by Crippen LogP contribution is -2.53. The third-order valence-corrected chi connectivity index (χ3v) is 10.2. The molecule has 0 saturated heterocycles. The molecule has 0 unspecified atom stereocenters. The molecule has 1 aromatic heterocycles. The molecule has 1 N–H and O–H groups in total. The zero-order valence-corrected chi connectivity index (χ0v) is 19.0. The van der Waals surface area contributed by atoms with Gasteiger partial charge in [-0.2, -0.15) is 0 Å². The van der Waals surface area contributed by atoms with Gasteiger partial charge >= 0.3 is 5.88 Å². The minimum atomic E-state index is -0.483. The first-order chi connectivity index (χ1) is 14.8. The summed E-state index contributed by atoms with van der Waals surface area (Å²) in [6.45, 7) is 4.89. The first kappa shape index (κ1) is 21.1. The first-order valence-corrected chi connectivity index (χ1v) is 12.4. The standard InChI is InChI=1S/C26H37NO4/c1-25-13-4-3-6-17(25)8-9-18-19-10-11-21(26(19,2)14-12-20(18)25)22(28)16-31-23-7-5-15-27(30)24(23)29/h5,7,15,17-21,29H,3-4,6,8-14,16H2,1-2H3/t17-,18-,19-,20-,21+,25-,26-/m0/s1. The van der Waals surface area contributed by atoms with Crippen LogP contribution in [0.5, 0.6) is 11.6 Å². The second kappa shape index (κ2) is 7.67. The van der Waals surface area contributed by atoms with Crippen molar-refractivity contribution >= 4 is 5.78 Å². The van der Waals surface area contributed by atoms with E-state index in [9.17, 15) is 15.1 Å². The summed E-state index contributed by atoms with van der Waals surface area (Å²) in [5.41, 5.74) is 0.586. The normalized spacial score (nSPS) is 41.7. The quantitative estimate of drug-likeness (QED) is 0.541. The van der Waals surface area contributed by atoms with E-state index in [0.717, 1.165) is 37.0 Å². The molecular weight excluding hydrogens is 390 g/mol. The molecule has 5 rings (SSSR count). The van der Waals surface area contributed by atoms with E-state index in [-0.39, 0.29) is 29.5 Å². The van der Waals surface area contributed by atoms with Crippen molar-refractivity contribution in [1.29, 1.82) is 0 Å². The number of ether oxygens (including phenoxy) is 1. The lowest BCUT2D eigenvalue weighted by molar-refractivity contribution is -0.613. The van der Waals surface area contributed by atoms with E-state index in [2.05, 4.69) is 13.8 Å². The summed E-state index contributed by atoms with van der Waals surface area (Å²) < 4.78 is 5.95. The summed E-state index contributed by atoms with van der Waals surface area (Å²) in [4.78, 5) is 13.2. The molecule has 170 valence electrons. The molecule has 4 aliphatic rings. The molecular formula is C26H37NO4. The van der Waals surface area contributed by atoms with Gasteiger partial charge in [-0.3, -0.25) is 4.79 Å². The monoisotopic (exact) mass is 427 g/mol. The minimum absolute atomic E-state index is 0.0283. The van der Waals surface area contributed by atoms with Crippen molar-refractivity contribution in [3.05, 3.63) is 23.5 Å². The fraction of sp³-hybridized carbons (Fsp3) is 0.769. The number of carbonyl (C=O) groups is 1. The molecule has 0 amide bonds. The summed E-state index contributed by atoms with van der Waals surface area (Å²) in [6, 6.07) is 3.05. The Morgan fingerprint density at radius 1 is 1.10 bits per heavy atom. The van der Waals surface area contributed by atoms with E-state index in [1.54, 1.807) is 0 Å². The Kier molecular flexibility index (Phi) is 5.22. The third-order valence-electron chi connectivity index (χ3n) is 10.2. The highest BCUT2D eigenvalue weighted by atomic mass is 16.5. The topological polar surface area (TPSA) is 73.5 Å². The molecule has 7 atom stereocenters. The van der Waals surface area contributed by atoms with Crippen molar-refractivity contribution < 1.29 is 19.4 Å². The maximum Gasteiger partial charge on any atom is 0.420 e. The molecule has 4 aliphatic carbocycles. The van der Waals surface area contributed by atoms with E-state index in [4.69, 9.17) is 4.74 Å². The number of aromatic nitrogens is 1. The van der Waals surface area contributed by atoms with E-state index in [0.29, 0.717) is 16.1 Å². The fourth-order valence-electron chi connectivity index (χ4n) is 8.65. The highest BCUT2D eigenvalue weighted by Crippen LogP contribution is 2.67. The van der Waals surface area contributed by atoms with Crippen molar-refractivity contribution in [1.82, 2.24) is 0 Å². The number of pyridine rings is 1. The summed E-state index contributed by atoms with van der Waals surface area (Å²) in [5, 5.41) is 21.4. The van der Waals surface area contributed by atoms with Gasteiger partial charge < -0.3 is 15.1 Å². The van der Waals surface area contributed by atoms with E-state index < -0.39 is 5.88 Å². The Morgan fingerprint density at radius 3 is 2.74 bits per heavy atom. The van der Waals surface area contributed by atoms with Gasteiger partial charge in [0.2, 0.25) is 5.75 Å². The number of aromatic hydroxyl groups is 1. The smallest absolute Gasteiger partial charge is 0.420 e. The summed E-state index contributed by atoms with van der Waals surface area (Å²) >= 11 is 0. The van der Waals surface area contributed by atoms with Gasteiger partial charge in [0.1, 0.15) is 6.61 Å². The van der Waals surface area contributed by atoms with Crippen LogP contribution in [-0.2, 0) is 4.79 Å². The number of rotatable bonds is 4. The number of fused-ring (bicyclic) bond motifs is 5. The second-order valence-corrected chi connectivity index (χ2v) is 11.4. The predicted octanol–water partition coefficient (Wildman–Crippen LogP) is 5.02. The van der Waals surface area contributed by atoms with Crippen LogP contribution >= 0.6 is 0 Å². The average molecular weight is 428 g/mol. The Hall–Kier alpha value is -1.78. The van der Waals surface area contributed by atoms with Crippen molar-refractivity contribution in [3.63, 3.8) is 0 Å². The largest absolute Gasteiger partial charge is 0.616 e. The maximum absolute atomic E-state index is 13.2. The van der Waals surface area contributed by atoms with E-state index in [1.807, 2.05) is 0 Å². The van der Waals surface area contributed by atoms with Crippen LogP contribution in [0.1, 0.15) is 78.1 Å². The molecule has 0 radical (unpaired) electrons. The van der Waals surface area contributed by atoms with Crippen LogP contribution in [0.4, 0.5) is 0 Å². The van der Waals surface area contributed by atoms with Crippen LogP contribution in [0.2, 0.25) is 0 Å². The highest BCUT2D eigenvalue weighted by molar-refractivity contribution is 5.83. The highest BCUT2D eigenvalue weighted by Gasteiger charge is 2.60. The molecule has 0 bridgehead atoms. The molecule has 4 saturated carbocycles. The number of carbonyl (C=O) groups excluding carboxylic acids is 1. The van der Waals surface area contributed by atoms with Crippen LogP contribution in [0.3, 0.4) is 0 Å². The number of nitrogens with zero attached hydrogens (tertiary/aromatic N) is 1. The van der Waals surface area contributed by atoms with Gasteiger partial charge in [-0.15, -0.1) is 4.73 Å². The van der Waals surface area contributed by atoms with Crippen LogP contribution in [0.15, 0.2) is 18.3 Å². The number of hydrogen-bond acceptors (Lipinski definition) is 4. The van der Waals surface area contributed by atoms with Crippen molar-refractivity contribution in [2.24, 2.45) is 40.4 Å². The summed E-state index contributed by atoms with van der Waals surface area (Å²) in [7, 11) is 0. The molecule has 31 heavy (non-hydrogen) atoms. The number of ketones is 1. The molecule has 0 spiro atoms. The Labute approximate surface area is 185 Å². The van der Waals surface area contributed by atoms with Gasteiger partial charge in [-0.1, -0.05) is 26.7 Å². The average Bonchev–Trinajstić information content (AvgIpc) is 3.11. The fourth-order valence-corrected chi connectivity index (χ4v) is 8.65. The van der Waals surface area contributed by atoms with Crippen molar-refractivity contribution in [2.45, 2.75) is 78.1 Å². The minimum Gasteiger partial charge on any atom is -0.616 e. The first-order valence-electron chi connectivity index (χ1n) is 12.4. The molecule has 1 heterocycles. The molecule has 5 heteroatoms. The van der Waals surface area contributed by atoms with Gasteiger partial charge in [0.05, 0.1) is 0 Å². The Balaban J connectivity index is 1.30. The maximum atomic E-state index is 13.2. The van der Waals surface area contributed by atoms with Crippen molar-refractivity contribution in [3.8, 4) is 11.6 Å². The van der Waals surface area contributed by atoms with Gasteiger partial charge in [-0.05, 0) is 91.9 Å². The Bertz CT molecular complexity index is 856. The molecule has 1 aromatic rings. The Morgan fingerprint density at radius 2 is 1.90 bits per heavy atom. The zero-order valence-electron chi connectivity index (χ0n) is 19.0. The van der Waals surface area contributed by atoms with E-state index >= 15 is 0 Å². The van der Waals surface area contributed by atoms with Crippen LogP contribution in [0, 0.1) is 45.6 Å². The zero-order chi connectivity index (χ0) is 21.8. The van der Waals surface area contributed by atoms with Crippen LogP contribution < -0.4 is 9.47 Å². The number of Topliss-reactive ketones (excluding diaryl/α,β-unsaturated/α-hetero) is 1. The van der Waals surface area contributed by atoms with Gasteiger partial charge in [0, 0.05) is 12.0 Å². The predicted molar refractivity (Wildman–Crippen MR) is 117 cm³/mol. The lowest BCUT2D eigenvalue weighted by atomic mass is 9.45. The number of hydrogen-bond donors (Lipinski definition) is 1. The van der Waals surface area contributed by atoms with Gasteiger partial charge in [0.25, 0.3) is 0 Å². The summed E-state index contributed by atoms with van der Waals surface area (Å²) in [6.07, 6.45) is 14.1. The lowest BCUT2D eigenvalue weighted by Gasteiger charge is -2.60. The molecule has 5 nitrogen and oxygen atoms in total. The SMILES string of the molecule is C[C@]12CCCC[C@H]1CC[C@@H]1[C@@H]2CC[C@]2(C)[C@@H](C(=O)COc3ccc[n+]([O-])c3O)CC[C@@H]12. The molecule has 4 fully saturated rings. The third kappa shape index (κ3) is 3.25. The second-order valence-electron chi connectivity index (χ2n) is 11.4. The summed E-state index contributed by atoms with van der Waals surface area (Å²) in [5.74, 6) is 2.93. The van der Waals surface area contributed by atoms with Gasteiger partial charge in [0.15, 0.2) is 12.0 Å².